The fourth-order valence-electron chi connectivity index (χ4n) is 2.03. The number of hydrogen-bond acceptors (Lipinski definition) is 5. The van der Waals surface area contributed by atoms with Crippen LogP contribution >= 0.6 is 0 Å². The molecule has 2 aromatic rings. The first-order valence-corrected chi connectivity index (χ1v) is 7.99. The average Bonchev–Trinajstić information content (AvgIpc) is 3.07. The van der Waals surface area contributed by atoms with E-state index in [0.29, 0.717) is 5.76 Å². The lowest BCUT2D eigenvalue weighted by Crippen LogP contribution is -2.35. The summed E-state index contributed by atoms with van der Waals surface area (Å²) < 4.78 is 27.7. The van der Waals surface area contributed by atoms with Crippen molar-refractivity contribution in [3.05, 3.63) is 53.6 Å². The summed E-state index contributed by atoms with van der Waals surface area (Å²) in [6.45, 7) is 0. The second-order valence-corrected chi connectivity index (χ2v) is 6.61. The zero-order chi connectivity index (χ0) is 14.9. The largest absolute Gasteiger partial charge is 0.355 e. The molecule has 1 aliphatic heterocycles. The third-order valence-corrected chi connectivity index (χ3v) is 4.44. The number of nitrogens with one attached hydrogen (secondary N) is 1. The van der Waals surface area contributed by atoms with E-state index in [0.717, 1.165) is 11.0 Å². The fraction of sp³-hybridized carbons (Fsp3) is 0.143. The molecule has 1 N–H and O–H groups in total. The first-order valence-electron chi connectivity index (χ1n) is 6.27. The van der Waals surface area contributed by atoms with E-state index in [4.69, 9.17) is 4.52 Å². The van der Waals surface area contributed by atoms with Gasteiger partial charge in [0, 0.05) is 17.0 Å². The van der Waals surface area contributed by atoms with Gasteiger partial charge in [0.05, 0.1) is 11.8 Å². The average molecular weight is 304 g/mol. The summed E-state index contributed by atoms with van der Waals surface area (Å²) in [4.78, 5) is 12.0. The number of rotatable bonds is 3. The van der Waals surface area contributed by atoms with Crippen LogP contribution in [0.2, 0.25) is 0 Å². The van der Waals surface area contributed by atoms with Crippen LogP contribution in [-0.2, 0) is 9.84 Å². The van der Waals surface area contributed by atoms with Crippen molar-refractivity contribution < 1.29 is 17.7 Å². The van der Waals surface area contributed by atoms with Crippen LogP contribution in [0.3, 0.4) is 0 Å². The van der Waals surface area contributed by atoms with Gasteiger partial charge in [-0.15, -0.1) is 0 Å². The minimum Gasteiger partial charge on any atom is -0.355 e. The van der Waals surface area contributed by atoms with Gasteiger partial charge in [-0.25, -0.2) is 8.42 Å². The summed E-state index contributed by atoms with van der Waals surface area (Å²) >= 11 is 0. The van der Waals surface area contributed by atoms with E-state index in [9.17, 15) is 13.2 Å². The molecule has 1 aliphatic rings. The summed E-state index contributed by atoms with van der Waals surface area (Å²) in [6.07, 6.45) is 1.45. The number of aromatic nitrogens is 1. The molecule has 1 aromatic carbocycles. The predicted octanol–water partition coefficient (Wildman–Crippen LogP) is 1.38. The molecule has 0 saturated carbocycles. The first kappa shape index (κ1) is 13.6. The number of amides is 1. The molecule has 0 spiro atoms. The lowest BCUT2D eigenvalue weighted by Gasteiger charge is -2.07. The highest BCUT2D eigenvalue weighted by molar-refractivity contribution is 7.94. The molecule has 0 saturated heterocycles. The molecule has 108 valence electrons. The van der Waals surface area contributed by atoms with E-state index in [1.54, 1.807) is 0 Å². The fourth-order valence-corrected chi connectivity index (χ4v) is 3.26. The third-order valence-electron chi connectivity index (χ3n) is 3.05. The van der Waals surface area contributed by atoms with Gasteiger partial charge < -0.3 is 9.84 Å². The van der Waals surface area contributed by atoms with Gasteiger partial charge >= 0.3 is 0 Å². The Hall–Kier alpha value is -2.41. The molecule has 0 fully saturated rings. The summed E-state index contributed by atoms with van der Waals surface area (Å²) in [5, 5.41) is 7.41. The van der Waals surface area contributed by atoms with Crippen molar-refractivity contribution in [3.8, 4) is 11.3 Å². The molecule has 21 heavy (non-hydrogen) atoms. The molecular formula is C14H12N2O4S. The topological polar surface area (TPSA) is 89.3 Å². The van der Waals surface area contributed by atoms with Crippen molar-refractivity contribution in [2.45, 2.75) is 6.04 Å². The maximum absolute atomic E-state index is 12.0. The van der Waals surface area contributed by atoms with Crippen molar-refractivity contribution in [1.29, 1.82) is 0 Å². The van der Waals surface area contributed by atoms with Crippen molar-refractivity contribution in [2.24, 2.45) is 0 Å². The van der Waals surface area contributed by atoms with Gasteiger partial charge in [-0.3, -0.25) is 4.79 Å². The zero-order valence-electron chi connectivity index (χ0n) is 10.9. The van der Waals surface area contributed by atoms with Crippen LogP contribution < -0.4 is 5.32 Å². The molecule has 0 radical (unpaired) electrons. The highest BCUT2D eigenvalue weighted by Crippen LogP contribution is 2.19. The quantitative estimate of drug-likeness (QED) is 0.925. The van der Waals surface area contributed by atoms with E-state index in [-0.39, 0.29) is 11.4 Å². The van der Waals surface area contributed by atoms with E-state index in [1.165, 1.54) is 12.1 Å². The minimum atomic E-state index is -3.20. The number of carbonyl (C=O) groups is 1. The molecule has 1 atom stereocenters. The first-order chi connectivity index (χ1) is 10.0. The van der Waals surface area contributed by atoms with Crippen molar-refractivity contribution >= 4 is 15.7 Å². The predicted molar refractivity (Wildman–Crippen MR) is 76.1 cm³/mol. The second-order valence-electron chi connectivity index (χ2n) is 4.68. The van der Waals surface area contributed by atoms with Crippen molar-refractivity contribution in [2.75, 3.05) is 5.75 Å². The highest BCUT2D eigenvalue weighted by atomic mass is 32.2. The van der Waals surface area contributed by atoms with Gasteiger partial charge in [-0.2, -0.15) is 0 Å². The van der Waals surface area contributed by atoms with E-state index >= 15 is 0 Å². The maximum atomic E-state index is 12.0. The number of nitrogens with zero attached hydrogens (tertiary/aromatic N) is 1. The highest BCUT2D eigenvalue weighted by Gasteiger charge is 2.24. The zero-order valence-corrected chi connectivity index (χ0v) is 11.7. The molecule has 3 rings (SSSR count). The van der Waals surface area contributed by atoms with Crippen LogP contribution in [-0.4, -0.2) is 31.3 Å². The summed E-state index contributed by atoms with van der Waals surface area (Å²) in [5.41, 5.74) is 0.930. The molecule has 0 aliphatic carbocycles. The monoisotopic (exact) mass is 304 g/mol. The Balaban J connectivity index is 1.72. The van der Waals surface area contributed by atoms with Crippen molar-refractivity contribution in [3.63, 3.8) is 0 Å². The van der Waals surface area contributed by atoms with E-state index in [2.05, 4.69) is 10.5 Å². The van der Waals surface area contributed by atoms with Gasteiger partial charge in [0.2, 0.25) is 0 Å². The Morgan fingerprint density at radius 3 is 2.71 bits per heavy atom. The molecule has 0 unspecified atom stereocenters. The molecule has 6 nitrogen and oxygen atoms in total. The summed E-state index contributed by atoms with van der Waals surface area (Å²) in [6, 6.07) is 10.3. The van der Waals surface area contributed by atoms with Crippen molar-refractivity contribution in [1.82, 2.24) is 10.5 Å². The van der Waals surface area contributed by atoms with Gasteiger partial charge in [0.25, 0.3) is 5.91 Å². The molecule has 7 heteroatoms. The molecule has 1 amide bonds. The van der Waals surface area contributed by atoms with Gasteiger partial charge in [0.1, 0.15) is 0 Å². The van der Waals surface area contributed by atoms with Crippen LogP contribution in [0, 0.1) is 0 Å². The van der Waals surface area contributed by atoms with E-state index < -0.39 is 21.8 Å². The van der Waals surface area contributed by atoms with Gasteiger partial charge in [-0.05, 0) is 6.08 Å². The number of carbonyl (C=O) groups excluding carboxylic acids is 1. The summed E-state index contributed by atoms with van der Waals surface area (Å²) in [5.74, 6) is -0.106. The second kappa shape index (κ2) is 5.17. The van der Waals surface area contributed by atoms with E-state index in [1.807, 2.05) is 30.3 Å². The Morgan fingerprint density at radius 1 is 1.29 bits per heavy atom. The lowest BCUT2D eigenvalue weighted by molar-refractivity contribution is 0.0938. The molecule has 2 heterocycles. The lowest BCUT2D eigenvalue weighted by atomic mass is 10.1. The molecule has 0 bridgehead atoms. The third kappa shape index (κ3) is 3.03. The van der Waals surface area contributed by atoms with Crippen LogP contribution in [0.25, 0.3) is 11.3 Å². The normalized spacial score (nSPS) is 19.5. The molecule has 1 aromatic heterocycles. The minimum absolute atomic E-state index is 0.117. The number of hydrogen-bond donors (Lipinski definition) is 1. The van der Waals surface area contributed by atoms with Crippen LogP contribution in [0.4, 0.5) is 0 Å². The number of benzene rings is 1. The maximum Gasteiger partial charge on any atom is 0.273 e. The van der Waals surface area contributed by atoms with Crippen LogP contribution in [0.5, 0.6) is 0 Å². The molecular weight excluding hydrogens is 292 g/mol. The van der Waals surface area contributed by atoms with Crippen LogP contribution in [0.1, 0.15) is 10.5 Å². The Morgan fingerprint density at radius 2 is 2.05 bits per heavy atom. The van der Waals surface area contributed by atoms with Gasteiger partial charge in [0.15, 0.2) is 21.3 Å². The van der Waals surface area contributed by atoms with Crippen LogP contribution in [0.15, 0.2) is 52.4 Å². The smallest absolute Gasteiger partial charge is 0.273 e. The SMILES string of the molecule is O=C(N[C@@H]1C=CS(=O)(=O)C1)c1cc(-c2ccccc2)on1. The Labute approximate surface area is 121 Å². The Kier molecular flexibility index (Phi) is 3.34. The Bertz CT molecular complexity index is 793. The number of sulfone groups is 1. The summed E-state index contributed by atoms with van der Waals surface area (Å²) in [7, 11) is -3.20. The van der Waals surface area contributed by atoms with Gasteiger partial charge in [-0.1, -0.05) is 35.5 Å². The standard InChI is InChI=1S/C14H12N2O4S/c17-14(15-11-6-7-21(18,19)9-11)12-8-13(20-16-12)10-4-2-1-3-5-10/h1-8,11H,9H2,(H,15,17)/t11-/m1/s1.